The molecule has 10 rings (SSSR count). The SMILES string of the molecule is CSc1ccc(N(c2ccc(SC)cc2)c2ccc(-c3ccc(-c4sc(-c5ccc(-c6ccc(N(c7ccc(SC)cc7)c7ccc(SC)cc7)cc6)s5)c5c4OCCO5)s3)cc2)cc1. The van der Waals surface area contributed by atoms with E-state index in [1.165, 1.54) is 50.2 Å². The Bertz CT molecular complexity index is 2710. The summed E-state index contributed by atoms with van der Waals surface area (Å²) in [5.74, 6) is 1.71. The van der Waals surface area contributed by atoms with Crippen molar-refractivity contribution in [1.82, 2.24) is 0 Å². The van der Waals surface area contributed by atoms with Crippen LogP contribution in [0.25, 0.3) is 40.4 Å². The van der Waals surface area contributed by atoms with Gasteiger partial charge in [-0.15, -0.1) is 81.1 Å². The molecule has 0 unspecified atom stereocenters. The Hall–Kier alpha value is -4.98. The summed E-state index contributed by atoms with van der Waals surface area (Å²) in [5, 5.41) is 0. The molecular formula is C54H44N2O2S7. The quantitative estimate of drug-likeness (QED) is 0.0994. The van der Waals surface area contributed by atoms with Crippen LogP contribution in [-0.4, -0.2) is 38.2 Å². The standard InChI is InChI=1S/C54H44N2O2S7/c1-59-43-21-13-39(14-22-43)55(40-15-23-44(60-2)24-16-40)37-9-5-35(6-10-37)47-29-31-49(63-47)53-51-52(58-34-33-57-51)54(65-53)50-32-30-48(64-50)36-7-11-38(12-8-36)56(41-17-25-45(61-3)26-18-41)42-19-27-46(62-4)28-20-42/h5-32H,33-34H2,1-4H3. The first-order valence-electron chi connectivity index (χ1n) is 21.0. The molecule has 9 aromatic rings. The van der Waals surface area contributed by atoms with Crippen LogP contribution in [0.2, 0.25) is 0 Å². The Balaban J connectivity index is 0.912. The molecule has 0 aliphatic carbocycles. The normalized spacial score (nSPS) is 12.1. The molecule has 11 heteroatoms. The molecule has 324 valence electrons. The largest absolute Gasteiger partial charge is 0.485 e. The highest BCUT2D eigenvalue weighted by atomic mass is 32.2. The van der Waals surface area contributed by atoms with Crippen molar-refractivity contribution >= 4 is 115 Å². The second-order valence-electron chi connectivity index (χ2n) is 15.0. The fraction of sp³-hybridized carbons (Fsp3) is 0.111. The molecule has 0 amide bonds. The number of anilines is 6. The molecule has 4 nitrogen and oxygen atoms in total. The summed E-state index contributed by atoms with van der Waals surface area (Å²) in [6, 6.07) is 62.0. The molecule has 65 heavy (non-hydrogen) atoms. The van der Waals surface area contributed by atoms with Crippen molar-refractivity contribution in [3.05, 3.63) is 170 Å². The molecule has 0 fully saturated rings. The molecule has 0 atom stereocenters. The summed E-state index contributed by atoms with van der Waals surface area (Å²) < 4.78 is 12.8. The van der Waals surface area contributed by atoms with E-state index < -0.39 is 0 Å². The monoisotopic (exact) mass is 976 g/mol. The lowest BCUT2D eigenvalue weighted by Crippen LogP contribution is -2.14. The maximum atomic E-state index is 6.39. The Labute approximate surface area is 410 Å². The maximum absolute atomic E-state index is 6.39. The number of nitrogens with zero attached hydrogens (tertiary/aromatic N) is 2. The number of benzene rings is 6. The van der Waals surface area contributed by atoms with Gasteiger partial charge in [0.05, 0.1) is 9.75 Å². The summed E-state index contributed by atoms with van der Waals surface area (Å²) >= 11 is 12.4. The van der Waals surface area contributed by atoms with Crippen LogP contribution in [0.4, 0.5) is 34.1 Å². The van der Waals surface area contributed by atoms with Crippen LogP contribution in [-0.2, 0) is 0 Å². The van der Waals surface area contributed by atoms with Gasteiger partial charge < -0.3 is 19.3 Å². The molecule has 1 aliphatic heterocycles. The van der Waals surface area contributed by atoms with E-state index in [-0.39, 0.29) is 0 Å². The minimum atomic E-state index is 0.537. The number of hydrogen-bond acceptors (Lipinski definition) is 11. The summed E-state index contributed by atoms with van der Waals surface area (Å²) in [6.45, 7) is 1.07. The molecule has 3 aromatic heterocycles. The molecule has 0 radical (unpaired) electrons. The molecule has 1 aliphatic rings. The smallest absolute Gasteiger partial charge is 0.181 e. The maximum Gasteiger partial charge on any atom is 0.181 e. The number of rotatable bonds is 14. The fourth-order valence-electron chi connectivity index (χ4n) is 7.87. The van der Waals surface area contributed by atoms with Gasteiger partial charge in [0, 0.05) is 73.2 Å². The first-order valence-corrected chi connectivity index (χ1v) is 28.3. The summed E-state index contributed by atoms with van der Waals surface area (Å²) in [4.78, 5) is 16.7. The third-order valence-corrected chi connectivity index (χ3v) is 18.0. The molecule has 0 bridgehead atoms. The van der Waals surface area contributed by atoms with E-state index in [0.717, 1.165) is 55.4 Å². The number of fused-ring (bicyclic) bond motifs is 1. The van der Waals surface area contributed by atoms with Gasteiger partial charge in [0.25, 0.3) is 0 Å². The average molecular weight is 977 g/mol. The van der Waals surface area contributed by atoms with Gasteiger partial charge in [-0.25, -0.2) is 0 Å². The molecule has 0 saturated carbocycles. The second kappa shape index (κ2) is 19.9. The van der Waals surface area contributed by atoms with Gasteiger partial charge in [0.1, 0.15) is 13.2 Å². The molecule has 0 N–H and O–H groups in total. The van der Waals surface area contributed by atoms with Crippen LogP contribution in [0.15, 0.2) is 189 Å². The first-order chi connectivity index (χ1) is 32.0. The number of thiophene rings is 3. The Kier molecular flexibility index (Phi) is 13.4. The highest BCUT2D eigenvalue weighted by molar-refractivity contribution is 7.99. The Morgan fingerprint density at radius 2 is 0.585 bits per heavy atom. The van der Waals surface area contributed by atoms with Crippen molar-refractivity contribution in [1.29, 1.82) is 0 Å². The molecule has 0 spiro atoms. The average Bonchev–Trinajstić information content (AvgIpc) is 4.16. The summed E-state index contributed by atoms with van der Waals surface area (Å²) in [5.41, 5.74) is 9.12. The van der Waals surface area contributed by atoms with Gasteiger partial charge >= 0.3 is 0 Å². The third kappa shape index (κ3) is 9.25. The van der Waals surface area contributed by atoms with E-state index in [2.05, 4.69) is 205 Å². The van der Waals surface area contributed by atoms with Crippen molar-refractivity contribution < 1.29 is 9.47 Å². The van der Waals surface area contributed by atoms with E-state index in [4.69, 9.17) is 9.47 Å². The van der Waals surface area contributed by atoms with E-state index in [1.807, 2.05) is 0 Å². The minimum absolute atomic E-state index is 0.537. The minimum Gasteiger partial charge on any atom is -0.485 e. The van der Waals surface area contributed by atoms with Crippen molar-refractivity contribution in [2.45, 2.75) is 19.6 Å². The van der Waals surface area contributed by atoms with Crippen molar-refractivity contribution in [3.8, 4) is 51.9 Å². The number of hydrogen-bond donors (Lipinski definition) is 0. The zero-order chi connectivity index (χ0) is 44.3. The van der Waals surface area contributed by atoms with Crippen molar-refractivity contribution in [2.24, 2.45) is 0 Å². The second-order valence-corrected chi connectivity index (χ2v) is 21.7. The van der Waals surface area contributed by atoms with Gasteiger partial charge in [0.15, 0.2) is 11.5 Å². The topological polar surface area (TPSA) is 24.9 Å². The third-order valence-electron chi connectivity index (χ3n) is 11.2. The van der Waals surface area contributed by atoms with E-state index in [0.29, 0.717) is 13.2 Å². The predicted molar refractivity (Wildman–Crippen MR) is 289 cm³/mol. The molecule has 0 saturated heterocycles. The van der Waals surface area contributed by atoms with Gasteiger partial charge in [-0.3, -0.25) is 0 Å². The zero-order valence-corrected chi connectivity index (χ0v) is 41.9. The van der Waals surface area contributed by atoms with Crippen molar-refractivity contribution in [3.63, 3.8) is 0 Å². The van der Waals surface area contributed by atoms with Crippen LogP contribution in [0.5, 0.6) is 11.5 Å². The van der Waals surface area contributed by atoms with E-state index in [9.17, 15) is 0 Å². The van der Waals surface area contributed by atoms with Gasteiger partial charge in [-0.2, -0.15) is 0 Å². The zero-order valence-electron chi connectivity index (χ0n) is 36.1. The van der Waals surface area contributed by atoms with Gasteiger partial charge in [-0.1, -0.05) is 24.3 Å². The molecule has 4 heterocycles. The Morgan fingerprint density at radius 3 is 0.862 bits per heavy atom. The van der Waals surface area contributed by atoms with Crippen LogP contribution < -0.4 is 19.3 Å². The van der Waals surface area contributed by atoms with Crippen molar-refractivity contribution in [2.75, 3.05) is 48.0 Å². The van der Waals surface area contributed by atoms with Gasteiger partial charge in [-0.05, 0) is 182 Å². The van der Waals surface area contributed by atoms with E-state index >= 15 is 0 Å². The summed E-state index contributed by atoms with van der Waals surface area (Å²) in [7, 11) is 0. The lowest BCUT2D eigenvalue weighted by Gasteiger charge is -2.26. The highest BCUT2D eigenvalue weighted by Gasteiger charge is 2.28. The summed E-state index contributed by atoms with van der Waals surface area (Å²) in [6.07, 6.45) is 8.46. The fourth-order valence-corrected chi connectivity index (χ4v) is 12.9. The van der Waals surface area contributed by atoms with Crippen LogP contribution in [0.1, 0.15) is 0 Å². The first kappa shape index (κ1) is 43.9. The lowest BCUT2D eigenvalue weighted by molar-refractivity contribution is 0.175. The van der Waals surface area contributed by atoms with Crippen LogP contribution >= 0.6 is 81.1 Å². The molecule has 6 aromatic carbocycles. The van der Waals surface area contributed by atoms with E-state index in [1.54, 1.807) is 81.1 Å². The molecular weight excluding hydrogens is 933 g/mol. The Morgan fingerprint density at radius 1 is 0.323 bits per heavy atom. The van der Waals surface area contributed by atoms with Gasteiger partial charge in [0.2, 0.25) is 0 Å². The number of thioether (sulfide) groups is 4. The predicted octanol–water partition coefficient (Wildman–Crippen LogP) is 18.1. The lowest BCUT2D eigenvalue weighted by atomic mass is 10.1. The number of ether oxygens (including phenoxy) is 2. The van der Waals surface area contributed by atoms with Crippen LogP contribution in [0, 0.1) is 0 Å². The highest BCUT2D eigenvalue weighted by Crippen LogP contribution is 2.56. The van der Waals surface area contributed by atoms with Crippen LogP contribution in [0.3, 0.4) is 0 Å².